The summed E-state index contributed by atoms with van der Waals surface area (Å²) in [4.78, 5) is 1.84. The number of nitrogens with one attached hydrogen (secondary N) is 1. The minimum absolute atomic E-state index is 1.36. The van der Waals surface area contributed by atoms with Crippen molar-refractivity contribution in [3.63, 3.8) is 0 Å². The molecule has 3 heterocycles. The first-order valence-electron chi connectivity index (χ1n) is 6.50. The number of hydrogen-bond acceptors (Lipinski definition) is 6. The molecule has 0 amide bonds. The van der Waals surface area contributed by atoms with Crippen molar-refractivity contribution in [2.75, 3.05) is 46.3 Å². The second kappa shape index (κ2) is 7.91. The van der Waals surface area contributed by atoms with Gasteiger partial charge >= 0.3 is 11.0 Å². The van der Waals surface area contributed by atoms with E-state index in [2.05, 4.69) is 7.05 Å². The molecular formula is C9H16F6N2O6S2. The maximum atomic E-state index is 10.7. The largest absolute Gasteiger partial charge is 0.741 e. The zero-order valence-electron chi connectivity index (χ0n) is 12.7. The standard InChI is InChI=1S/C7H15N2.2CHF3O3S/c1-9-5-2-8(3-6-9)4-7-9;2*2-1(3,4)8(5,6)7/h2-7H2,1H3;2*(H,5,6,7)/q+1;;/p-1. The van der Waals surface area contributed by atoms with Gasteiger partial charge in [-0.1, -0.05) is 0 Å². The molecule has 8 nitrogen and oxygen atoms in total. The highest BCUT2D eigenvalue weighted by atomic mass is 32.2. The summed E-state index contributed by atoms with van der Waals surface area (Å²) in [6.07, 6.45) is 0. The zero-order valence-corrected chi connectivity index (χ0v) is 14.4. The number of hydrogen-bond donors (Lipinski definition) is 1. The monoisotopic (exact) mass is 426 g/mol. The van der Waals surface area contributed by atoms with Gasteiger partial charge in [-0.2, -0.15) is 26.3 Å². The number of rotatable bonds is 0. The molecule has 3 saturated heterocycles. The van der Waals surface area contributed by atoms with Crippen molar-refractivity contribution in [2.24, 2.45) is 0 Å². The van der Waals surface area contributed by atoms with Gasteiger partial charge in [0, 0.05) is 0 Å². The Morgan fingerprint density at radius 3 is 1.04 bits per heavy atom. The predicted octanol–water partition coefficient (Wildman–Crippen LogP) is -1.55. The summed E-state index contributed by atoms with van der Waals surface area (Å²) in [6.45, 7) is 8.56. The first-order chi connectivity index (χ1) is 10.8. The molecule has 0 atom stereocenters. The Labute approximate surface area is 140 Å². The van der Waals surface area contributed by atoms with E-state index < -0.39 is 31.3 Å². The van der Waals surface area contributed by atoms with Crippen LogP contribution in [0.15, 0.2) is 0 Å². The Balaban J connectivity index is 0.000000348. The lowest BCUT2D eigenvalue weighted by Gasteiger charge is -2.45. The zero-order chi connectivity index (χ0) is 20.3. The minimum atomic E-state index is -6.09. The lowest BCUT2D eigenvalue weighted by atomic mass is 10.2. The molecule has 0 aliphatic carbocycles. The average molecular weight is 426 g/mol. The van der Waals surface area contributed by atoms with Gasteiger partial charge in [-0.25, -0.2) is 16.8 Å². The van der Waals surface area contributed by atoms with E-state index in [4.69, 9.17) is 25.9 Å². The fraction of sp³-hybridized carbons (Fsp3) is 1.00. The Morgan fingerprint density at radius 1 is 0.760 bits per heavy atom. The van der Waals surface area contributed by atoms with Gasteiger partial charge in [0.05, 0.1) is 7.05 Å². The average Bonchev–Trinajstić information content (AvgIpc) is 2.36. The van der Waals surface area contributed by atoms with Crippen LogP contribution in [0.4, 0.5) is 26.3 Å². The Morgan fingerprint density at radius 2 is 0.960 bits per heavy atom. The summed E-state index contributed by atoms with van der Waals surface area (Å²) in [5.41, 5.74) is -11.3. The molecular weight excluding hydrogens is 410 g/mol. The third kappa shape index (κ3) is 8.50. The van der Waals surface area contributed by atoms with Crippen LogP contribution in [0.3, 0.4) is 0 Å². The smallest absolute Gasteiger partial charge is 0.485 e. The van der Waals surface area contributed by atoms with Gasteiger partial charge in [-0.15, -0.1) is 0 Å². The highest BCUT2D eigenvalue weighted by Gasteiger charge is 2.38. The molecule has 0 spiro atoms. The highest BCUT2D eigenvalue weighted by Crippen LogP contribution is 2.21. The predicted molar refractivity (Wildman–Crippen MR) is 67.9 cm³/mol. The summed E-state index contributed by atoms with van der Waals surface area (Å²) in [6, 6.07) is 0. The number of halogens is 6. The van der Waals surface area contributed by atoms with Crippen molar-refractivity contribution >= 4 is 20.2 Å². The van der Waals surface area contributed by atoms with E-state index in [0.29, 0.717) is 0 Å². The summed E-state index contributed by atoms with van der Waals surface area (Å²) >= 11 is 0. The number of piperazine rings is 3. The first-order valence-corrected chi connectivity index (χ1v) is 9.32. The van der Waals surface area contributed by atoms with Gasteiger partial charge in [0.15, 0.2) is 20.2 Å². The van der Waals surface area contributed by atoms with E-state index in [-0.39, 0.29) is 0 Å². The van der Waals surface area contributed by atoms with Crippen molar-refractivity contribution in [1.29, 1.82) is 0 Å². The number of fused-ring (bicyclic) bond motifs is 3. The molecule has 0 radical (unpaired) electrons. The maximum absolute atomic E-state index is 10.7. The molecule has 0 aromatic rings. The minimum Gasteiger partial charge on any atom is -0.741 e. The SMILES string of the molecule is C[N+]12CC[NH+](CC1)CC2.O=S(=O)([O-])C(F)(F)F.O=S(=O)([O-])C(F)(F)F. The van der Waals surface area contributed by atoms with E-state index in [1.54, 1.807) is 0 Å². The normalized spacial score (nSPS) is 26.8. The van der Waals surface area contributed by atoms with Crippen molar-refractivity contribution < 1.29 is 61.7 Å². The number of nitrogens with zero attached hydrogens (tertiary/aromatic N) is 1. The van der Waals surface area contributed by atoms with Crippen LogP contribution in [0.25, 0.3) is 0 Å². The summed E-state index contributed by atoms with van der Waals surface area (Å²) in [5.74, 6) is 0. The van der Waals surface area contributed by atoms with Gasteiger partial charge in [0.2, 0.25) is 0 Å². The lowest BCUT2D eigenvalue weighted by Crippen LogP contribution is -3.19. The number of quaternary nitrogens is 2. The van der Waals surface area contributed by atoms with Gasteiger partial charge < -0.3 is 18.5 Å². The van der Waals surface area contributed by atoms with Gasteiger partial charge in [-0.3, -0.25) is 0 Å². The van der Waals surface area contributed by atoms with Crippen molar-refractivity contribution in [3.8, 4) is 0 Å². The first kappa shape index (κ1) is 24.3. The maximum Gasteiger partial charge on any atom is 0.485 e. The molecule has 1 N–H and O–H groups in total. The molecule has 2 bridgehead atoms. The molecule has 0 saturated carbocycles. The molecule has 3 aliphatic rings. The Kier molecular flexibility index (Phi) is 7.70. The molecule has 152 valence electrons. The lowest BCUT2D eigenvalue weighted by molar-refractivity contribution is -1.06. The fourth-order valence-electron chi connectivity index (χ4n) is 1.99. The Hall–Kier alpha value is -0.680. The molecule has 0 unspecified atom stereocenters. The third-order valence-electron chi connectivity index (χ3n) is 3.58. The van der Waals surface area contributed by atoms with Crippen LogP contribution < -0.4 is 4.90 Å². The molecule has 3 rings (SSSR count). The second-order valence-electron chi connectivity index (χ2n) is 5.59. The molecule has 0 aromatic heterocycles. The van der Waals surface area contributed by atoms with Crippen molar-refractivity contribution in [2.45, 2.75) is 11.0 Å². The van der Waals surface area contributed by atoms with E-state index in [1.165, 1.54) is 43.8 Å². The van der Waals surface area contributed by atoms with E-state index in [1.807, 2.05) is 4.90 Å². The van der Waals surface area contributed by atoms with E-state index in [9.17, 15) is 26.3 Å². The second-order valence-corrected chi connectivity index (χ2v) is 8.33. The van der Waals surface area contributed by atoms with Crippen LogP contribution in [0.5, 0.6) is 0 Å². The van der Waals surface area contributed by atoms with Crippen LogP contribution in [0.2, 0.25) is 0 Å². The third-order valence-corrected chi connectivity index (χ3v) is 4.72. The summed E-state index contributed by atoms with van der Waals surface area (Å²) in [5, 5.41) is 0. The molecule has 3 fully saturated rings. The van der Waals surface area contributed by atoms with E-state index >= 15 is 0 Å². The van der Waals surface area contributed by atoms with Crippen LogP contribution in [0, 0.1) is 0 Å². The number of alkyl halides is 6. The van der Waals surface area contributed by atoms with Crippen LogP contribution >= 0.6 is 0 Å². The van der Waals surface area contributed by atoms with Gasteiger partial charge in [0.25, 0.3) is 0 Å². The van der Waals surface area contributed by atoms with Gasteiger partial charge in [0.1, 0.15) is 39.3 Å². The molecule has 3 aliphatic heterocycles. The molecule has 16 heteroatoms. The van der Waals surface area contributed by atoms with Gasteiger partial charge in [-0.05, 0) is 0 Å². The molecule has 0 aromatic carbocycles. The Bertz CT molecular complexity index is 581. The summed E-state index contributed by atoms with van der Waals surface area (Å²) < 4.78 is 119. The fourth-order valence-corrected chi connectivity index (χ4v) is 1.99. The van der Waals surface area contributed by atoms with Crippen LogP contribution in [-0.4, -0.2) is 87.8 Å². The van der Waals surface area contributed by atoms with E-state index in [0.717, 1.165) is 0 Å². The van der Waals surface area contributed by atoms with Crippen LogP contribution in [-0.2, 0) is 20.2 Å². The highest BCUT2D eigenvalue weighted by molar-refractivity contribution is 7.86. The van der Waals surface area contributed by atoms with Crippen LogP contribution in [0.1, 0.15) is 0 Å². The summed E-state index contributed by atoms with van der Waals surface area (Å²) in [7, 11) is -9.78. The van der Waals surface area contributed by atoms with Crippen molar-refractivity contribution in [1.82, 2.24) is 0 Å². The topological polar surface area (TPSA) is 119 Å². The quantitative estimate of drug-likeness (QED) is 0.217. The molecule has 25 heavy (non-hydrogen) atoms. The number of likely N-dealkylation sites (N-methyl/N-ethyl adjacent to an activating group) is 1. The van der Waals surface area contributed by atoms with Crippen molar-refractivity contribution in [3.05, 3.63) is 0 Å².